The number of likely N-dealkylation sites (N-methyl/N-ethyl adjacent to an activating group) is 1. The molecule has 4 amide bonds. The minimum Gasteiger partial charge on any atom is -0.353 e. The molecule has 0 saturated heterocycles. The number of anilines is 1. The molecule has 4 N–H and O–H groups in total. The van der Waals surface area contributed by atoms with Gasteiger partial charge in [0.05, 0.1) is 0 Å². The molecule has 0 radical (unpaired) electrons. The minimum atomic E-state index is -1.21. The van der Waals surface area contributed by atoms with Crippen LogP contribution in [0.25, 0.3) is 0 Å². The smallest absolute Gasteiger partial charge is 0.287 e. The Morgan fingerprint density at radius 2 is 1.74 bits per heavy atom. The second-order valence-corrected chi connectivity index (χ2v) is 13.3. The number of aromatic nitrogens is 1. The van der Waals surface area contributed by atoms with Crippen LogP contribution in [0.5, 0.6) is 0 Å². The van der Waals surface area contributed by atoms with Crippen molar-refractivity contribution in [1.82, 2.24) is 20.5 Å². The van der Waals surface area contributed by atoms with Gasteiger partial charge < -0.3 is 25.8 Å². The molecule has 0 aliphatic heterocycles. The number of hydrogen-bond donors (Lipinski definition) is 4. The van der Waals surface area contributed by atoms with Crippen molar-refractivity contribution in [2.45, 2.75) is 63.6 Å². The summed E-state index contributed by atoms with van der Waals surface area (Å²) in [6.45, 7) is -0.182. The van der Waals surface area contributed by atoms with Gasteiger partial charge in [0.15, 0.2) is 0 Å². The van der Waals surface area contributed by atoms with Crippen LogP contribution in [0.1, 0.15) is 54.6 Å². The molecule has 4 aliphatic rings. The van der Waals surface area contributed by atoms with Crippen molar-refractivity contribution in [3.63, 3.8) is 0 Å². The summed E-state index contributed by atoms with van der Waals surface area (Å²) in [4.78, 5) is 76.5. The number of hydrogen-bond acceptors (Lipinski definition) is 7. The average molecular weight is 661 g/mol. The molecular weight excluding hydrogens is 626 g/mol. The third-order valence-corrected chi connectivity index (χ3v) is 10.6. The molecule has 0 spiro atoms. The fourth-order valence-electron chi connectivity index (χ4n) is 7.00. The summed E-state index contributed by atoms with van der Waals surface area (Å²) >= 11 is 4.46. The quantitative estimate of drug-likeness (QED) is 0.272. The zero-order chi connectivity index (χ0) is 30.0. The summed E-state index contributed by atoms with van der Waals surface area (Å²) < 4.78 is 1.79. The van der Waals surface area contributed by atoms with E-state index in [1.54, 1.807) is 17.5 Å². The van der Waals surface area contributed by atoms with E-state index in [-0.39, 0.29) is 37.0 Å². The van der Waals surface area contributed by atoms with Gasteiger partial charge in [-0.05, 0) is 102 Å². The molecule has 4 fully saturated rings. The van der Waals surface area contributed by atoms with Gasteiger partial charge in [-0.15, -0.1) is 11.3 Å². The van der Waals surface area contributed by atoms with Gasteiger partial charge in [0.2, 0.25) is 17.6 Å². The summed E-state index contributed by atoms with van der Waals surface area (Å²) in [5, 5.41) is 12.3. The maximum Gasteiger partial charge on any atom is 0.287 e. The molecule has 2 aromatic rings. The van der Waals surface area contributed by atoms with Crippen LogP contribution in [0.3, 0.4) is 0 Å². The minimum absolute atomic E-state index is 0.0703. The Kier molecular flexibility index (Phi) is 9.26. The first-order valence-electron chi connectivity index (χ1n) is 14.2. The van der Waals surface area contributed by atoms with Gasteiger partial charge in [-0.25, -0.2) is 0 Å². The number of thiophene rings is 1. The first kappa shape index (κ1) is 30.1. The summed E-state index contributed by atoms with van der Waals surface area (Å²) in [6, 6.07) is 3.59. The zero-order valence-electron chi connectivity index (χ0n) is 23.2. The molecule has 6 rings (SSSR count). The molecule has 1 atom stereocenters. The van der Waals surface area contributed by atoms with Crippen LogP contribution in [-0.2, 0) is 25.7 Å². The largest absolute Gasteiger partial charge is 0.353 e. The number of carbonyl (C=O) groups is 5. The fourth-order valence-corrected chi connectivity index (χ4v) is 8.45. The highest BCUT2D eigenvalue weighted by Crippen LogP contribution is 2.53. The van der Waals surface area contributed by atoms with E-state index in [0.717, 1.165) is 37.5 Å². The lowest BCUT2D eigenvalue weighted by molar-refractivity contribution is -0.137. The fraction of sp³-hybridized carbons (Fsp3) is 0.517. The monoisotopic (exact) mass is 659 g/mol. The number of carbonyl (C=O) groups excluding carboxylic acids is 5. The Hall–Kier alpha value is -3.32. The number of nitrogens with zero attached hydrogens (tertiary/aromatic N) is 1. The molecule has 0 unspecified atom stereocenters. The predicted octanol–water partition coefficient (Wildman–Crippen LogP) is 2.45. The molecule has 13 heteroatoms. The lowest BCUT2D eigenvalue weighted by atomic mass is 9.54. The van der Waals surface area contributed by atoms with Crippen LogP contribution in [-0.4, -0.2) is 53.1 Å². The Morgan fingerprint density at radius 1 is 1.05 bits per heavy atom. The van der Waals surface area contributed by atoms with E-state index in [9.17, 15) is 28.8 Å². The second kappa shape index (κ2) is 12.9. The van der Waals surface area contributed by atoms with Crippen LogP contribution in [0.4, 0.5) is 5.69 Å². The number of halogens is 1. The van der Waals surface area contributed by atoms with Crippen molar-refractivity contribution in [2.24, 2.45) is 23.7 Å². The van der Waals surface area contributed by atoms with E-state index in [1.807, 2.05) is 0 Å². The van der Waals surface area contributed by atoms with Crippen molar-refractivity contribution in [3.05, 3.63) is 49.5 Å². The van der Waals surface area contributed by atoms with E-state index >= 15 is 0 Å². The van der Waals surface area contributed by atoms with Crippen LogP contribution < -0.4 is 26.8 Å². The predicted molar refractivity (Wildman–Crippen MR) is 160 cm³/mol. The van der Waals surface area contributed by atoms with Crippen molar-refractivity contribution in [1.29, 1.82) is 0 Å². The average Bonchev–Trinajstić information content (AvgIpc) is 3.39. The molecule has 4 aliphatic carbocycles. The van der Waals surface area contributed by atoms with E-state index in [0.29, 0.717) is 21.2 Å². The number of nitrogens with one attached hydrogen (secondary N) is 4. The highest BCUT2D eigenvalue weighted by atomic mass is 79.9. The van der Waals surface area contributed by atoms with Crippen molar-refractivity contribution < 1.29 is 24.0 Å². The molecule has 224 valence electrons. The molecular formula is C29H34BrN5O6S. The van der Waals surface area contributed by atoms with Gasteiger partial charge >= 0.3 is 0 Å². The maximum atomic E-state index is 13.3. The van der Waals surface area contributed by atoms with E-state index in [2.05, 4.69) is 37.2 Å². The van der Waals surface area contributed by atoms with Crippen LogP contribution >= 0.6 is 27.3 Å². The van der Waals surface area contributed by atoms with Gasteiger partial charge in [0.25, 0.3) is 17.4 Å². The van der Waals surface area contributed by atoms with Gasteiger partial charge in [0.1, 0.15) is 23.2 Å². The first-order chi connectivity index (χ1) is 20.1. The highest BCUT2D eigenvalue weighted by Gasteiger charge is 2.48. The third kappa shape index (κ3) is 6.67. The van der Waals surface area contributed by atoms with Crippen molar-refractivity contribution in [3.8, 4) is 0 Å². The second-order valence-electron chi connectivity index (χ2n) is 11.5. The molecule has 42 heavy (non-hydrogen) atoms. The standard InChI is InChI=1S/C29H34BrN5O6S/c1-31-27(39)22(36)5-4-20(32-28(40)25-19(30)6-8-42-25)26(38)33-21-3-2-7-35(29(21)41)14-23(37)34-24-17-10-15-9-16(12-17)13-18(24)11-15/h2-3,6-8,15-18,20,24H,4-5,9-14H2,1H3,(H,31,39)(H,32,40)(H,33,38)(H,34,37)/t15?,16?,17?,18?,20-,24?/m0/s1. The van der Waals surface area contributed by atoms with Crippen LogP contribution in [0, 0.1) is 23.7 Å². The van der Waals surface area contributed by atoms with E-state index < -0.39 is 35.1 Å². The van der Waals surface area contributed by atoms with Crippen LogP contribution in [0.15, 0.2) is 39.0 Å². The number of amides is 4. The number of ketones is 1. The molecule has 2 aromatic heterocycles. The van der Waals surface area contributed by atoms with Crippen molar-refractivity contribution >= 4 is 62.4 Å². The van der Waals surface area contributed by atoms with Crippen LogP contribution in [0.2, 0.25) is 0 Å². The number of rotatable bonds is 11. The molecule has 2 heterocycles. The molecule has 4 bridgehead atoms. The molecule has 4 saturated carbocycles. The van der Waals surface area contributed by atoms with Gasteiger partial charge in [-0.3, -0.25) is 28.8 Å². The molecule has 0 aromatic carbocycles. The Balaban J connectivity index is 1.25. The summed E-state index contributed by atoms with van der Waals surface area (Å²) in [5.41, 5.74) is -0.641. The highest BCUT2D eigenvalue weighted by molar-refractivity contribution is 9.10. The van der Waals surface area contributed by atoms with E-state index in [1.165, 1.54) is 41.6 Å². The molecule has 11 nitrogen and oxygen atoms in total. The first-order valence-corrected chi connectivity index (χ1v) is 15.9. The van der Waals surface area contributed by atoms with Gasteiger partial charge in [-0.1, -0.05) is 0 Å². The Morgan fingerprint density at radius 3 is 2.36 bits per heavy atom. The lowest BCUT2D eigenvalue weighted by Gasteiger charge is -2.54. The maximum absolute atomic E-state index is 13.3. The Bertz CT molecular complexity index is 1430. The Labute approximate surface area is 255 Å². The van der Waals surface area contributed by atoms with E-state index in [4.69, 9.17) is 0 Å². The summed E-state index contributed by atoms with van der Waals surface area (Å²) in [7, 11) is 1.32. The number of Topliss-reactive ketones (excluding diaryl/α,β-unsaturated/α-hetero) is 1. The lowest BCUT2D eigenvalue weighted by Crippen LogP contribution is -2.56. The third-order valence-electron chi connectivity index (χ3n) is 8.73. The topological polar surface area (TPSA) is 155 Å². The zero-order valence-corrected chi connectivity index (χ0v) is 25.6. The van der Waals surface area contributed by atoms with Gasteiger partial charge in [0, 0.05) is 30.2 Å². The van der Waals surface area contributed by atoms with Crippen molar-refractivity contribution in [2.75, 3.05) is 12.4 Å². The van der Waals surface area contributed by atoms with Gasteiger partial charge in [-0.2, -0.15) is 0 Å². The number of pyridine rings is 1. The normalized spacial score (nSPS) is 24.5. The summed E-state index contributed by atoms with van der Waals surface area (Å²) in [5.74, 6) is -0.484. The SMILES string of the molecule is CNC(=O)C(=O)CC[C@H](NC(=O)c1sccc1Br)C(=O)Nc1cccn(CC(=O)NC2C3CC4CC(C3)CC2C4)c1=O. The summed E-state index contributed by atoms with van der Waals surface area (Å²) in [6.07, 6.45) is 7.00.